The van der Waals surface area contributed by atoms with Gasteiger partial charge in [0.15, 0.2) is 16.4 Å². The molecule has 1 saturated heterocycles. The van der Waals surface area contributed by atoms with Gasteiger partial charge in [0.05, 0.1) is 17.2 Å². The number of carbonyl (C=O) groups excluding carboxylic acids is 1. The maximum Gasteiger partial charge on any atom is 0.338 e. The Morgan fingerprint density at radius 2 is 2.21 bits per heavy atom. The minimum Gasteiger partial charge on any atom is -0.464 e. The van der Waals surface area contributed by atoms with E-state index in [1.54, 1.807) is 20.8 Å². The van der Waals surface area contributed by atoms with Gasteiger partial charge in [-0.3, -0.25) is 0 Å². The van der Waals surface area contributed by atoms with Gasteiger partial charge in [-0.05, 0) is 27.7 Å². The van der Waals surface area contributed by atoms with E-state index in [9.17, 15) is 4.79 Å². The highest BCUT2D eigenvalue weighted by atomic mass is 35.5. The number of hydrogen-bond acceptors (Lipinski definition) is 6. The van der Waals surface area contributed by atoms with Crippen LogP contribution in [0.5, 0.6) is 0 Å². The van der Waals surface area contributed by atoms with Crippen LogP contribution in [0.25, 0.3) is 0 Å². The second-order valence-electron chi connectivity index (χ2n) is 4.65. The van der Waals surface area contributed by atoms with Crippen LogP contribution in [0.3, 0.4) is 0 Å². The largest absolute Gasteiger partial charge is 0.464 e. The molecule has 0 spiro atoms. The predicted octanol–water partition coefficient (Wildman–Crippen LogP) is 2.86. The number of ether oxygens (including phenoxy) is 3. The first kappa shape index (κ1) is 14.7. The maximum absolute atomic E-state index is 12.0. The molecule has 0 N–H and O–H groups in total. The molecule has 2 heterocycles. The Morgan fingerprint density at radius 3 is 2.74 bits per heavy atom. The van der Waals surface area contributed by atoms with E-state index < -0.39 is 24.0 Å². The molecule has 7 heteroatoms. The molecule has 2 atom stereocenters. The van der Waals surface area contributed by atoms with Crippen molar-refractivity contribution in [2.75, 3.05) is 6.61 Å². The van der Waals surface area contributed by atoms with Gasteiger partial charge in [-0.15, -0.1) is 11.3 Å². The van der Waals surface area contributed by atoms with Crippen molar-refractivity contribution in [2.45, 2.75) is 45.7 Å². The van der Waals surface area contributed by atoms with Crippen LogP contribution in [-0.2, 0) is 19.0 Å². The Hall–Kier alpha value is -0.690. The van der Waals surface area contributed by atoms with Crippen molar-refractivity contribution in [1.82, 2.24) is 4.98 Å². The van der Waals surface area contributed by atoms with Crippen LogP contribution < -0.4 is 0 Å². The van der Waals surface area contributed by atoms with Crippen LogP contribution in [0, 0.1) is 6.92 Å². The fraction of sp³-hybridized carbons (Fsp3) is 0.667. The summed E-state index contributed by atoms with van der Waals surface area (Å²) in [7, 11) is 0. The quantitative estimate of drug-likeness (QED) is 0.804. The van der Waals surface area contributed by atoms with Crippen molar-refractivity contribution >= 4 is 28.9 Å². The summed E-state index contributed by atoms with van der Waals surface area (Å²) in [4.78, 5) is 16.9. The van der Waals surface area contributed by atoms with E-state index in [1.165, 1.54) is 11.3 Å². The standard InChI is InChI=1S/C12H16ClNO4S/c1-5-16-10(15)8-7(17-12(3,4)18-8)9-6(2)14-11(13)19-9/h7-8H,5H2,1-4H3/t7-,8-/m0/s1. The maximum atomic E-state index is 12.0. The third kappa shape index (κ3) is 3.08. The van der Waals surface area contributed by atoms with Gasteiger partial charge in [0, 0.05) is 0 Å². The van der Waals surface area contributed by atoms with Crippen molar-refractivity contribution in [2.24, 2.45) is 0 Å². The Morgan fingerprint density at radius 1 is 1.53 bits per heavy atom. The molecule has 1 fully saturated rings. The molecular formula is C12H16ClNO4S. The van der Waals surface area contributed by atoms with Gasteiger partial charge in [-0.1, -0.05) is 11.6 Å². The van der Waals surface area contributed by atoms with Crippen LogP contribution in [0.4, 0.5) is 0 Å². The van der Waals surface area contributed by atoms with E-state index >= 15 is 0 Å². The van der Waals surface area contributed by atoms with Crippen molar-refractivity contribution in [3.8, 4) is 0 Å². The molecule has 106 valence electrons. The minimum absolute atomic E-state index is 0.300. The molecule has 1 aliphatic heterocycles. The van der Waals surface area contributed by atoms with Gasteiger partial charge < -0.3 is 14.2 Å². The molecule has 5 nitrogen and oxygen atoms in total. The summed E-state index contributed by atoms with van der Waals surface area (Å²) < 4.78 is 16.9. The normalized spacial score (nSPS) is 25.5. The Balaban J connectivity index is 2.30. The number of aromatic nitrogens is 1. The zero-order chi connectivity index (χ0) is 14.2. The van der Waals surface area contributed by atoms with Gasteiger partial charge in [-0.25, -0.2) is 9.78 Å². The van der Waals surface area contributed by atoms with Gasteiger partial charge in [0.25, 0.3) is 0 Å². The highest BCUT2D eigenvalue weighted by molar-refractivity contribution is 7.15. The van der Waals surface area contributed by atoms with Crippen molar-refractivity contribution in [1.29, 1.82) is 0 Å². The van der Waals surface area contributed by atoms with E-state index in [2.05, 4.69) is 4.98 Å². The van der Waals surface area contributed by atoms with Gasteiger partial charge in [-0.2, -0.15) is 0 Å². The number of aryl methyl sites for hydroxylation is 1. The number of halogens is 1. The van der Waals surface area contributed by atoms with Crippen molar-refractivity contribution in [3.63, 3.8) is 0 Å². The third-order valence-electron chi connectivity index (χ3n) is 2.68. The predicted molar refractivity (Wildman–Crippen MR) is 71.3 cm³/mol. The highest BCUT2D eigenvalue weighted by Crippen LogP contribution is 2.42. The van der Waals surface area contributed by atoms with Crippen molar-refractivity contribution < 1.29 is 19.0 Å². The van der Waals surface area contributed by atoms with E-state index in [-0.39, 0.29) is 0 Å². The summed E-state index contributed by atoms with van der Waals surface area (Å²) in [5, 5.41) is 0. The van der Waals surface area contributed by atoms with Gasteiger partial charge in [0.2, 0.25) is 0 Å². The molecule has 0 radical (unpaired) electrons. The second-order valence-corrected chi connectivity index (χ2v) is 6.26. The number of carbonyl (C=O) groups is 1. The summed E-state index contributed by atoms with van der Waals surface area (Å²) in [5.74, 6) is -1.27. The first-order valence-electron chi connectivity index (χ1n) is 5.99. The van der Waals surface area contributed by atoms with Crippen LogP contribution in [0.1, 0.15) is 37.4 Å². The lowest BCUT2D eigenvalue weighted by molar-refractivity contribution is -0.170. The second kappa shape index (κ2) is 5.36. The average Bonchev–Trinajstić information content (AvgIpc) is 2.78. The zero-order valence-corrected chi connectivity index (χ0v) is 12.8. The fourth-order valence-electron chi connectivity index (χ4n) is 1.99. The molecule has 1 aliphatic rings. The van der Waals surface area contributed by atoms with Crippen LogP contribution >= 0.6 is 22.9 Å². The first-order chi connectivity index (χ1) is 8.84. The van der Waals surface area contributed by atoms with E-state index in [4.69, 9.17) is 25.8 Å². The van der Waals surface area contributed by atoms with E-state index in [0.29, 0.717) is 11.1 Å². The molecular weight excluding hydrogens is 290 g/mol. The SMILES string of the molecule is CCOC(=O)[C@H]1OC(C)(C)O[C@@H]1c1sc(Cl)nc1C. The summed E-state index contributed by atoms with van der Waals surface area (Å²) >= 11 is 7.19. The van der Waals surface area contributed by atoms with Crippen LogP contribution in [0.2, 0.25) is 4.47 Å². The third-order valence-corrected chi connectivity index (χ3v) is 4.00. The van der Waals surface area contributed by atoms with Crippen LogP contribution in [0.15, 0.2) is 0 Å². The fourth-order valence-corrected chi connectivity index (χ4v) is 3.21. The van der Waals surface area contributed by atoms with E-state index in [1.807, 2.05) is 6.92 Å². The van der Waals surface area contributed by atoms with Crippen LogP contribution in [-0.4, -0.2) is 29.5 Å². The average molecular weight is 306 g/mol. The Bertz CT molecular complexity index is 488. The first-order valence-corrected chi connectivity index (χ1v) is 7.18. The number of rotatable bonds is 3. The summed E-state index contributed by atoms with van der Waals surface area (Å²) in [5.41, 5.74) is 0.746. The minimum atomic E-state index is -0.842. The summed E-state index contributed by atoms with van der Waals surface area (Å²) in [6.45, 7) is 7.40. The molecule has 0 bridgehead atoms. The molecule has 0 saturated carbocycles. The monoisotopic (exact) mass is 305 g/mol. The Kier molecular flexibility index (Phi) is 4.15. The zero-order valence-electron chi connectivity index (χ0n) is 11.2. The number of thiazole rings is 1. The number of esters is 1. The smallest absolute Gasteiger partial charge is 0.338 e. The molecule has 19 heavy (non-hydrogen) atoms. The molecule has 2 rings (SSSR count). The lowest BCUT2D eigenvalue weighted by Crippen LogP contribution is -2.29. The van der Waals surface area contributed by atoms with Gasteiger partial charge >= 0.3 is 5.97 Å². The summed E-state index contributed by atoms with van der Waals surface area (Å²) in [6.07, 6.45) is -1.32. The molecule has 0 unspecified atom stereocenters. The number of hydrogen-bond donors (Lipinski definition) is 0. The van der Waals surface area contributed by atoms with Crippen molar-refractivity contribution in [3.05, 3.63) is 15.0 Å². The molecule has 0 aromatic carbocycles. The molecule has 1 aromatic heterocycles. The molecule has 0 aliphatic carbocycles. The molecule has 1 aromatic rings. The number of nitrogens with zero attached hydrogens (tertiary/aromatic N) is 1. The lowest BCUT2D eigenvalue weighted by Gasteiger charge is -2.16. The highest BCUT2D eigenvalue weighted by Gasteiger charge is 2.48. The topological polar surface area (TPSA) is 57.7 Å². The van der Waals surface area contributed by atoms with E-state index in [0.717, 1.165) is 10.6 Å². The molecule has 0 amide bonds. The summed E-state index contributed by atoms with van der Waals surface area (Å²) in [6, 6.07) is 0. The lowest BCUT2D eigenvalue weighted by atomic mass is 10.1. The van der Waals surface area contributed by atoms with Gasteiger partial charge in [0.1, 0.15) is 6.10 Å². The Labute approximate surface area is 120 Å².